The van der Waals surface area contributed by atoms with Gasteiger partial charge in [-0.3, -0.25) is 0 Å². The molecule has 3 nitrogen and oxygen atoms in total. The van der Waals surface area contributed by atoms with Crippen molar-refractivity contribution in [2.45, 2.75) is 6.54 Å². The normalized spacial score (nSPS) is 10.8. The van der Waals surface area contributed by atoms with Crippen molar-refractivity contribution in [3.8, 4) is 5.75 Å². The number of anilines is 1. The zero-order chi connectivity index (χ0) is 14.8. The van der Waals surface area contributed by atoms with Gasteiger partial charge in [-0.25, -0.2) is 4.98 Å². The Morgan fingerprint density at radius 2 is 2.05 bits per heavy atom. The number of nitrogens with one attached hydrogen (secondary N) is 1. The molecule has 3 aromatic rings. The van der Waals surface area contributed by atoms with E-state index in [4.69, 9.17) is 27.9 Å². The second-order valence-corrected chi connectivity index (χ2v) is 6.14. The van der Waals surface area contributed by atoms with Gasteiger partial charge >= 0.3 is 0 Å². The number of nitrogens with zero attached hydrogens (tertiary/aromatic N) is 1. The van der Waals surface area contributed by atoms with E-state index in [9.17, 15) is 0 Å². The van der Waals surface area contributed by atoms with Gasteiger partial charge in [-0.15, -0.1) is 11.3 Å². The fourth-order valence-corrected chi connectivity index (χ4v) is 3.27. The van der Waals surface area contributed by atoms with E-state index >= 15 is 0 Å². The maximum atomic E-state index is 6.26. The molecule has 0 aliphatic heterocycles. The third kappa shape index (κ3) is 2.93. The highest BCUT2D eigenvalue weighted by atomic mass is 35.5. The molecule has 0 saturated carbocycles. The molecule has 0 aliphatic carbocycles. The summed E-state index contributed by atoms with van der Waals surface area (Å²) >= 11 is 14.0. The Kier molecular flexibility index (Phi) is 4.19. The summed E-state index contributed by atoms with van der Waals surface area (Å²) < 4.78 is 6.25. The molecule has 1 heterocycles. The van der Waals surface area contributed by atoms with E-state index in [0.29, 0.717) is 22.3 Å². The number of fused-ring (bicyclic) bond motifs is 1. The van der Waals surface area contributed by atoms with Crippen LogP contribution in [0.5, 0.6) is 5.75 Å². The molecule has 0 amide bonds. The molecule has 3 rings (SSSR count). The lowest BCUT2D eigenvalue weighted by Crippen LogP contribution is -2.01. The second-order valence-electron chi connectivity index (χ2n) is 4.44. The van der Waals surface area contributed by atoms with Crippen LogP contribution in [0.4, 0.5) is 5.69 Å². The molecule has 108 valence electrons. The van der Waals surface area contributed by atoms with Gasteiger partial charge in [-0.1, -0.05) is 29.3 Å². The first-order chi connectivity index (χ1) is 10.2. The molecule has 6 heteroatoms. The summed E-state index contributed by atoms with van der Waals surface area (Å²) in [6, 6.07) is 9.55. The van der Waals surface area contributed by atoms with Gasteiger partial charge in [0.1, 0.15) is 11.3 Å². The first-order valence-electron chi connectivity index (χ1n) is 6.27. The third-order valence-corrected chi connectivity index (χ3v) is 4.54. The highest BCUT2D eigenvalue weighted by Crippen LogP contribution is 2.33. The van der Waals surface area contributed by atoms with Crippen molar-refractivity contribution in [1.82, 2.24) is 4.98 Å². The quantitative estimate of drug-likeness (QED) is 0.707. The lowest BCUT2D eigenvalue weighted by Gasteiger charge is -2.10. The average Bonchev–Trinajstić information content (AvgIpc) is 2.95. The first kappa shape index (κ1) is 14.4. The van der Waals surface area contributed by atoms with Crippen molar-refractivity contribution in [2.75, 3.05) is 12.4 Å². The number of benzene rings is 2. The number of ether oxygens (including phenoxy) is 1. The van der Waals surface area contributed by atoms with E-state index in [1.807, 2.05) is 35.8 Å². The van der Waals surface area contributed by atoms with Crippen molar-refractivity contribution in [3.05, 3.63) is 51.5 Å². The summed E-state index contributed by atoms with van der Waals surface area (Å²) in [6.45, 7) is 0.611. The predicted octanol–water partition coefficient (Wildman–Crippen LogP) is 5.22. The fourth-order valence-electron chi connectivity index (χ4n) is 2.08. The minimum Gasteiger partial charge on any atom is -0.495 e. The molecular formula is C15H12Cl2N2OS. The van der Waals surface area contributed by atoms with E-state index in [1.165, 1.54) is 0 Å². The van der Waals surface area contributed by atoms with Crippen LogP contribution in [0.15, 0.2) is 35.8 Å². The highest BCUT2D eigenvalue weighted by Gasteiger charge is 2.09. The van der Waals surface area contributed by atoms with Gasteiger partial charge in [-0.2, -0.15) is 0 Å². The number of hydrogen-bond acceptors (Lipinski definition) is 4. The summed E-state index contributed by atoms with van der Waals surface area (Å²) in [4.78, 5) is 4.36. The summed E-state index contributed by atoms with van der Waals surface area (Å²) in [7, 11) is 1.60. The standard InChI is InChI=1S/C15H12Cl2N2OS/c1-20-12-4-2-9(6-11(12)17)7-18-14-10(16)3-5-13-15(14)19-8-21-13/h2-6,8,18H,7H2,1H3. The van der Waals surface area contributed by atoms with Crippen LogP contribution < -0.4 is 10.1 Å². The number of aromatic nitrogens is 1. The van der Waals surface area contributed by atoms with Gasteiger partial charge in [0.25, 0.3) is 0 Å². The lowest BCUT2D eigenvalue weighted by molar-refractivity contribution is 0.415. The summed E-state index contributed by atoms with van der Waals surface area (Å²) in [6.07, 6.45) is 0. The van der Waals surface area contributed by atoms with E-state index in [2.05, 4.69) is 10.3 Å². The molecule has 0 aliphatic rings. The maximum absolute atomic E-state index is 6.26. The molecule has 2 aromatic carbocycles. The van der Waals surface area contributed by atoms with Crippen LogP contribution >= 0.6 is 34.5 Å². The van der Waals surface area contributed by atoms with E-state index in [1.54, 1.807) is 18.4 Å². The molecule has 0 unspecified atom stereocenters. The zero-order valence-electron chi connectivity index (χ0n) is 11.2. The molecule has 0 bridgehead atoms. The summed E-state index contributed by atoms with van der Waals surface area (Å²) in [5, 5.41) is 4.59. The molecule has 0 radical (unpaired) electrons. The lowest BCUT2D eigenvalue weighted by atomic mass is 10.2. The van der Waals surface area contributed by atoms with Crippen LogP contribution in [0.1, 0.15) is 5.56 Å². The van der Waals surface area contributed by atoms with Crippen molar-refractivity contribution in [2.24, 2.45) is 0 Å². The van der Waals surface area contributed by atoms with Crippen LogP contribution in [0, 0.1) is 0 Å². The maximum Gasteiger partial charge on any atom is 0.137 e. The number of thiazole rings is 1. The van der Waals surface area contributed by atoms with Crippen LogP contribution in [0.25, 0.3) is 10.2 Å². The Morgan fingerprint density at radius 1 is 1.19 bits per heavy atom. The number of hydrogen-bond donors (Lipinski definition) is 1. The Morgan fingerprint density at radius 3 is 2.81 bits per heavy atom. The first-order valence-corrected chi connectivity index (χ1v) is 7.90. The number of rotatable bonds is 4. The molecule has 1 aromatic heterocycles. The Labute approximate surface area is 136 Å². The highest BCUT2D eigenvalue weighted by molar-refractivity contribution is 7.16. The minimum absolute atomic E-state index is 0.592. The molecule has 1 N–H and O–H groups in total. The average molecular weight is 339 g/mol. The molecule has 0 spiro atoms. The van der Waals surface area contributed by atoms with E-state index in [-0.39, 0.29) is 0 Å². The summed E-state index contributed by atoms with van der Waals surface area (Å²) in [5.41, 5.74) is 4.61. The predicted molar refractivity (Wildman–Crippen MR) is 90.0 cm³/mol. The van der Waals surface area contributed by atoms with E-state index < -0.39 is 0 Å². The van der Waals surface area contributed by atoms with Crippen LogP contribution in [-0.2, 0) is 6.54 Å². The van der Waals surface area contributed by atoms with Gasteiger partial charge in [-0.05, 0) is 29.8 Å². The van der Waals surface area contributed by atoms with Crippen LogP contribution in [0.2, 0.25) is 10.0 Å². The van der Waals surface area contributed by atoms with Gasteiger partial charge in [0.15, 0.2) is 0 Å². The van der Waals surface area contributed by atoms with Gasteiger partial charge in [0.2, 0.25) is 0 Å². The SMILES string of the molecule is COc1ccc(CNc2c(Cl)ccc3scnc23)cc1Cl. The molecular weight excluding hydrogens is 327 g/mol. The minimum atomic E-state index is 0.592. The van der Waals surface area contributed by atoms with Gasteiger partial charge < -0.3 is 10.1 Å². The molecule has 0 fully saturated rings. The van der Waals surface area contributed by atoms with Crippen molar-refractivity contribution >= 4 is 50.4 Å². The summed E-state index contributed by atoms with van der Waals surface area (Å²) in [5.74, 6) is 0.667. The Bertz CT molecular complexity index is 788. The topological polar surface area (TPSA) is 34.1 Å². The van der Waals surface area contributed by atoms with Crippen molar-refractivity contribution in [3.63, 3.8) is 0 Å². The largest absolute Gasteiger partial charge is 0.495 e. The fraction of sp³-hybridized carbons (Fsp3) is 0.133. The van der Waals surface area contributed by atoms with Crippen LogP contribution in [-0.4, -0.2) is 12.1 Å². The monoisotopic (exact) mass is 338 g/mol. The molecule has 21 heavy (non-hydrogen) atoms. The number of halogens is 2. The second kappa shape index (κ2) is 6.10. The Balaban J connectivity index is 1.85. The van der Waals surface area contributed by atoms with Crippen LogP contribution in [0.3, 0.4) is 0 Å². The van der Waals surface area contributed by atoms with Gasteiger partial charge in [0, 0.05) is 6.54 Å². The van der Waals surface area contributed by atoms with Crippen molar-refractivity contribution in [1.29, 1.82) is 0 Å². The third-order valence-electron chi connectivity index (χ3n) is 3.14. The number of methoxy groups -OCH3 is 1. The van der Waals surface area contributed by atoms with E-state index in [0.717, 1.165) is 21.5 Å². The van der Waals surface area contributed by atoms with Crippen molar-refractivity contribution < 1.29 is 4.74 Å². The molecule has 0 saturated heterocycles. The smallest absolute Gasteiger partial charge is 0.137 e. The molecule has 0 atom stereocenters. The Hall–Kier alpha value is -1.49. The zero-order valence-corrected chi connectivity index (χ0v) is 13.5. The van der Waals surface area contributed by atoms with Gasteiger partial charge in [0.05, 0.1) is 33.1 Å².